The van der Waals surface area contributed by atoms with Crippen LogP contribution in [0, 0.1) is 18.3 Å². The maximum atomic E-state index is 13.5. The number of hydrogen-bond acceptors (Lipinski definition) is 7. The van der Waals surface area contributed by atoms with E-state index in [9.17, 15) is 9.59 Å². The lowest BCUT2D eigenvalue weighted by Crippen LogP contribution is -2.20. The maximum Gasteiger partial charge on any atom is 0.339 e. The van der Waals surface area contributed by atoms with E-state index in [1.54, 1.807) is 53.0 Å². The predicted molar refractivity (Wildman–Crippen MR) is 149 cm³/mol. The van der Waals surface area contributed by atoms with Crippen molar-refractivity contribution in [2.75, 3.05) is 12.4 Å². The normalized spacial score (nSPS) is 11.7. The van der Waals surface area contributed by atoms with Gasteiger partial charge in [-0.3, -0.25) is 4.79 Å². The smallest absolute Gasteiger partial charge is 0.339 e. The first kappa shape index (κ1) is 25.4. The number of carbonyl (C=O) groups is 1. The van der Waals surface area contributed by atoms with Crippen LogP contribution in [-0.4, -0.2) is 32.4 Å². The standard InChI is InChI=1S/C30H26N6O3/c1-18-11-23(19(2)34-26-8-6-5-7-22(26)30(38)39-4)24-13-27(35(3)29(37)25(24)12-18)21-16-33-36(17-21)28-10-9-20(14-31)15-32-28/h5-13,15-17,19,34H,1-4H3. The third-order valence-corrected chi connectivity index (χ3v) is 6.69. The highest BCUT2D eigenvalue weighted by Crippen LogP contribution is 2.31. The van der Waals surface area contributed by atoms with Gasteiger partial charge in [-0.25, -0.2) is 14.5 Å². The molecular formula is C30H26N6O3. The summed E-state index contributed by atoms with van der Waals surface area (Å²) < 4.78 is 8.16. The minimum absolute atomic E-state index is 0.126. The monoisotopic (exact) mass is 518 g/mol. The summed E-state index contributed by atoms with van der Waals surface area (Å²) >= 11 is 0. The minimum atomic E-state index is -0.427. The summed E-state index contributed by atoms with van der Waals surface area (Å²) in [5, 5.41) is 18.3. The Morgan fingerprint density at radius 1 is 1.10 bits per heavy atom. The molecule has 0 aliphatic heterocycles. The number of nitrogens with one attached hydrogen (secondary N) is 1. The molecule has 9 nitrogen and oxygen atoms in total. The number of pyridine rings is 2. The Hall–Kier alpha value is -5.23. The van der Waals surface area contributed by atoms with E-state index in [2.05, 4.69) is 21.5 Å². The lowest BCUT2D eigenvalue weighted by molar-refractivity contribution is 0.0602. The Morgan fingerprint density at radius 2 is 1.90 bits per heavy atom. The van der Waals surface area contributed by atoms with Crippen LogP contribution in [0.25, 0.3) is 27.8 Å². The Kier molecular flexibility index (Phi) is 6.69. The van der Waals surface area contributed by atoms with Crippen molar-refractivity contribution in [2.45, 2.75) is 19.9 Å². The van der Waals surface area contributed by atoms with Crippen LogP contribution in [0.1, 0.15) is 40.0 Å². The zero-order chi connectivity index (χ0) is 27.7. The van der Waals surface area contributed by atoms with Crippen molar-refractivity contribution >= 4 is 22.4 Å². The molecule has 5 aromatic rings. The second-order valence-corrected chi connectivity index (χ2v) is 9.30. The number of methoxy groups -OCH3 is 1. The van der Waals surface area contributed by atoms with Crippen LogP contribution in [0.3, 0.4) is 0 Å². The van der Waals surface area contributed by atoms with Crippen LogP contribution >= 0.6 is 0 Å². The van der Waals surface area contributed by atoms with E-state index in [0.29, 0.717) is 33.7 Å². The second kappa shape index (κ2) is 10.3. The van der Waals surface area contributed by atoms with Gasteiger partial charge in [-0.15, -0.1) is 0 Å². The Balaban J connectivity index is 1.59. The van der Waals surface area contributed by atoms with Crippen molar-refractivity contribution in [1.82, 2.24) is 19.3 Å². The molecular weight excluding hydrogens is 492 g/mol. The number of nitrogens with zero attached hydrogens (tertiary/aromatic N) is 5. The van der Waals surface area contributed by atoms with Crippen LogP contribution < -0.4 is 10.9 Å². The van der Waals surface area contributed by atoms with Gasteiger partial charge in [-0.1, -0.05) is 18.2 Å². The zero-order valence-corrected chi connectivity index (χ0v) is 22.0. The van der Waals surface area contributed by atoms with Crippen LogP contribution in [0.5, 0.6) is 0 Å². The summed E-state index contributed by atoms with van der Waals surface area (Å²) in [4.78, 5) is 30.2. The average Bonchev–Trinajstić information content (AvgIpc) is 3.45. The van der Waals surface area contributed by atoms with E-state index in [1.807, 2.05) is 44.2 Å². The SMILES string of the molecule is COC(=O)c1ccccc1NC(C)c1cc(C)cc2c(=O)n(C)c(-c3cnn(-c4ccc(C#N)cn4)c3)cc12. The Labute approximate surface area is 224 Å². The topological polar surface area (TPSA) is 115 Å². The van der Waals surface area contributed by atoms with Gasteiger partial charge in [0.2, 0.25) is 0 Å². The summed E-state index contributed by atoms with van der Waals surface area (Å²) in [6, 6.07) is 18.3. The van der Waals surface area contributed by atoms with Crippen molar-refractivity contribution in [3.05, 3.63) is 106 Å². The molecule has 0 aliphatic rings. The first-order chi connectivity index (χ1) is 18.8. The number of benzene rings is 2. The van der Waals surface area contributed by atoms with Crippen LogP contribution in [-0.2, 0) is 11.8 Å². The molecule has 0 saturated heterocycles. The molecule has 3 heterocycles. The highest BCUT2D eigenvalue weighted by Gasteiger charge is 2.19. The Bertz CT molecular complexity index is 1810. The van der Waals surface area contributed by atoms with E-state index >= 15 is 0 Å². The van der Waals surface area contributed by atoms with Gasteiger partial charge in [-0.2, -0.15) is 10.4 Å². The number of fused-ring (bicyclic) bond motifs is 1. The molecule has 0 bridgehead atoms. The van der Waals surface area contributed by atoms with Gasteiger partial charge in [0, 0.05) is 42.1 Å². The molecule has 9 heteroatoms. The lowest BCUT2D eigenvalue weighted by Gasteiger charge is -2.21. The molecule has 2 aromatic carbocycles. The molecule has 0 spiro atoms. The summed E-state index contributed by atoms with van der Waals surface area (Å²) in [6.45, 7) is 3.95. The fourth-order valence-electron chi connectivity index (χ4n) is 4.70. The van der Waals surface area contributed by atoms with Crippen LogP contribution in [0.4, 0.5) is 5.69 Å². The number of hydrogen-bond donors (Lipinski definition) is 1. The Morgan fingerprint density at radius 3 is 2.62 bits per heavy atom. The second-order valence-electron chi connectivity index (χ2n) is 9.30. The van der Waals surface area contributed by atoms with Crippen molar-refractivity contribution in [3.8, 4) is 23.1 Å². The quantitative estimate of drug-likeness (QED) is 0.317. The molecule has 1 N–H and O–H groups in total. The fourth-order valence-corrected chi connectivity index (χ4v) is 4.70. The number of esters is 1. The molecule has 0 fully saturated rings. The van der Waals surface area contributed by atoms with Gasteiger partial charge in [-0.05, 0) is 66.8 Å². The molecule has 5 rings (SSSR count). The third kappa shape index (κ3) is 4.76. The molecule has 194 valence electrons. The molecule has 0 saturated carbocycles. The molecule has 1 atom stereocenters. The van der Waals surface area contributed by atoms with E-state index < -0.39 is 5.97 Å². The first-order valence-corrected chi connectivity index (χ1v) is 12.3. The molecule has 0 radical (unpaired) electrons. The first-order valence-electron chi connectivity index (χ1n) is 12.3. The van der Waals surface area contributed by atoms with Crippen LogP contribution in [0.2, 0.25) is 0 Å². The highest BCUT2D eigenvalue weighted by molar-refractivity contribution is 5.96. The number of aryl methyl sites for hydroxylation is 1. The van der Waals surface area contributed by atoms with Gasteiger partial charge >= 0.3 is 5.97 Å². The van der Waals surface area contributed by atoms with Gasteiger partial charge in [0.15, 0.2) is 5.82 Å². The van der Waals surface area contributed by atoms with E-state index in [-0.39, 0.29) is 11.6 Å². The van der Waals surface area contributed by atoms with Gasteiger partial charge in [0.05, 0.1) is 30.1 Å². The summed E-state index contributed by atoms with van der Waals surface area (Å²) in [6.07, 6.45) is 4.98. The van der Waals surface area contributed by atoms with Gasteiger partial charge < -0.3 is 14.6 Å². The summed E-state index contributed by atoms with van der Waals surface area (Å²) in [5.74, 6) is 0.133. The van der Waals surface area contributed by atoms with E-state index in [1.165, 1.54) is 13.3 Å². The minimum Gasteiger partial charge on any atom is -0.465 e. The predicted octanol–water partition coefficient (Wildman–Crippen LogP) is 4.93. The number of carbonyl (C=O) groups excluding carboxylic acids is 1. The van der Waals surface area contributed by atoms with Gasteiger partial charge in [0.25, 0.3) is 5.56 Å². The van der Waals surface area contributed by atoms with Crippen molar-refractivity contribution in [2.24, 2.45) is 7.05 Å². The molecule has 39 heavy (non-hydrogen) atoms. The number of nitriles is 1. The van der Waals surface area contributed by atoms with Crippen molar-refractivity contribution < 1.29 is 9.53 Å². The number of anilines is 1. The molecule has 3 aromatic heterocycles. The largest absolute Gasteiger partial charge is 0.465 e. The van der Waals surface area contributed by atoms with E-state index in [4.69, 9.17) is 10.00 Å². The molecule has 1 unspecified atom stereocenters. The number of aromatic nitrogens is 4. The third-order valence-electron chi connectivity index (χ3n) is 6.69. The maximum absolute atomic E-state index is 13.5. The number of ether oxygens (including phenoxy) is 1. The van der Waals surface area contributed by atoms with E-state index in [0.717, 1.165) is 22.1 Å². The summed E-state index contributed by atoms with van der Waals surface area (Å²) in [7, 11) is 3.10. The average molecular weight is 519 g/mol. The molecule has 0 amide bonds. The number of rotatable bonds is 6. The van der Waals surface area contributed by atoms with Crippen molar-refractivity contribution in [3.63, 3.8) is 0 Å². The van der Waals surface area contributed by atoms with Crippen LogP contribution in [0.15, 0.2) is 78.0 Å². The fraction of sp³-hybridized carbons (Fsp3) is 0.167. The van der Waals surface area contributed by atoms with Gasteiger partial charge in [0.1, 0.15) is 6.07 Å². The molecule has 0 aliphatic carbocycles. The highest BCUT2D eigenvalue weighted by atomic mass is 16.5. The summed E-state index contributed by atoms with van der Waals surface area (Å²) in [5.41, 5.74) is 4.73. The van der Waals surface area contributed by atoms with Crippen molar-refractivity contribution in [1.29, 1.82) is 5.26 Å². The zero-order valence-electron chi connectivity index (χ0n) is 22.0. The number of para-hydroxylation sites is 1. The lowest BCUT2D eigenvalue weighted by atomic mass is 9.96.